The molecule has 268 valence electrons. The van der Waals surface area contributed by atoms with E-state index in [0.717, 1.165) is 24.0 Å². The summed E-state index contributed by atoms with van der Waals surface area (Å²) in [7, 11) is 1.50. The minimum Gasteiger partial charge on any atom is -0.496 e. The number of carbonyl (C=O) groups excluding carboxylic acids is 2. The fraction of sp³-hybridized carbons (Fsp3) is 0.282. The van der Waals surface area contributed by atoms with Crippen LogP contribution in [0.4, 0.5) is 4.39 Å². The molecule has 0 bridgehead atoms. The summed E-state index contributed by atoms with van der Waals surface area (Å²) in [6.07, 6.45) is 5.81. The van der Waals surface area contributed by atoms with Crippen LogP contribution in [0.2, 0.25) is 10.0 Å². The SMILES string of the molecule is COc1cc(-c2cccc(-c3cccc(-c4ccn5c(=O)c(CNC[C@H]6CCC(=O)N6)cnc5c4)c3Cl)c2Cl)cc(F)c1CNC[C@@H]1CCC(=O)N1. The highest BCUT2D eigenvalue weighted by Crippen LogP contribution is 2.43. The van der Waals surface area contributed by atoms with E-state index < -0.39 is 5.82 Å². The van der Waals surface area contributed by atoms with Gasteiger partial charge in [-0.2, -0.15) is 0 Å². The topological polar surface area (TPSA) is 126 Å². The highest BCUT2D eigenvalue weighted by Gasteiger charge is 2.23. The Labute approximate surface area is 309 Å². The Bertz CT molecular complexity index is 2250. The summed E-state index contributed by atoms with van der Waals surface area (Å²) in [5.74, 6) is 0.0231. The number of rotatable bonds is 12. The van der Waals surface area contributed by atoms with Crippen molar-refractivity contribution in [3.05, 3.63) is 110 Å². The quantitative estimate of drug-likeness (QED) is 0.126. The van der Waals surface area contributed by atoms with Crippen molar-refractivity contribution in [2.75, 3.05) is 20.2 Å². The molecule has 2 amide bonds. The van der Waals surface area contributed by atoms with Crippen LogP contribution in [0.25, 0.3) is 39.0 Å². The molecule has 10 nitrogen and oxygen atoms in total. The first kappa shape index (κ1) is 35.6. The van der Waals surface area contributed by atoms with E-state index in [0.29, 0.717) is 87.3 Å². The van der Waals surface area contributed by atoms with Crippen molar-refractivity contribution in [2.24, 2.45) is 0 Å². The summed E-state index contributed by atoms with van der Waals surface area (Å²) < 4.78 is 22.7. The van der Waals surface area contributed by atoms with Crippen molar-refractivity contribution < 1.29 is 18.7 Å². The van der Waals surface area contributed by atoms with Crippen LogP contribution in [0.5, 0.6) is 5.75 Å². The van der Waals surface area contributed by atoms with E-state index in [9.17, 15) is 14.4 Å². The molecule has 2 saturated heterocycles. The van der Waals surface area contributed by atoms with Gasteiger partial charge in [-0.3, -0.25) is 18.8 Å². The molecule has 0 aliphatic carbocycles. The summed E-state index contributed by atoms with van der Waals surface area (Å²) in [4.78, 5) is 40.8. The van der Waals surface area contributed by atoms with Gasteiger partial charge >= 0.3 is 0 Å². The van der Waals surface area contributed by atoms with E-state index in [1.165, 1.54) is 17.6 Å². The van der Waals surface area contributed by atoms with E-state index in [-0.39, 0.29) is 36.0 Å². The lowest BCUT2D eigenvalue weighted by Gasteiger charge is -2.17. The first-order chi connectivity index (χ1) is 25.2. The van der Waals surface area contributed by atoms with Gasteiger partial charge in [0.05, 0.1) is 17.2 Å². The number of pyridine rings is 1. The van der Waals surface area contributed by atoms with Gasteiger partial charge in [0.25, 0.3) is 5.56 Å². The fourth-order valence-electron chi connectivity index (χ4n) is 6.86. The van der Waals surface area contributed by atoms with Crippen LogP contribution in [0, 0.1) is 5.82 Å². The fourth-order valence-corrected chi connectivity index (χ4v) is 7.54. The number of carbonyl (C=O) groups is 2. The molecular weight excluding hydrogens is 706 g/mol. The number of hydrogen-bond donors (Lipinski definition) is 4. The number of nitrogens with zero attached hydrogens (tertiary/aromatic N) is 2. The Balaban J connectivity index is 1.12. The third-order valence-corrected chi connectivity index (χ3v) is 10.4. The molecule has 2 atom stereocenters. The summed E-state index contributed by atoms with van der Waals surface area (Å²) >= 11 is 14.1. The minimum atomic E-state index is -0.440. The smallest absolute Gasteiger partial charge is 0.262 e. The van der Waals surface area contributed by atoms with Crippen molar-refractivity contribution in [1.29, 1.82) is 0 Å². The number of methoxy groups -OCH3 is 1. The lowest BCUT2D eigenvalue weighted by Crippen LogP contribution is -2.36. The monoisotopic (exact) mass is 742 g/mol. The van der Waals surface area contributed by atoms with Gasteiger partial charge in [-0.1, -0.05) is 59.6 Å². The highest BCUT2D eigenvalue weighted by molar-refractivity contribution is 6.39. The number of hydrogen-bond acceptors (Lipinski definition) is 7. The number of ether oxygens (including phenoxy) is 1. The zero-order chi connectivity index (χ0) is 36.4. The van der Waals surface area contributed by atoms with E-state index >= 15 is 4.39 Å². The third kappa shape index (κ3) is 7.40. The largest absolute Gasteiger partial charge is 0.496 e. The van der Waals surface area contributed by atoms with Crippen LogP contribution in [0.1, 0.15) is 36.8 Å². The van der Waals surface area contributed by atoms with Crippen LogP contribution in [-0.2, 0) is 22.7 Å². The second kappa shape index (κ2) is 15.4. The van der Waals surface area contributed by atoms with Gasteiger partial charge in [0.15, 0.2) is 0 Å². The summed E-state index contributed by atoms with van der Waals surface area (Å²) in [6.45, 7) is 1.67. The van der Waals surface area contributed by atoms with Gasteiger partial charge in [0.1, 0.15) is 17.2 Å². The van der Waals surface area contributed by atoms with Crippen LogP contribution >= 0.6 is 23.2 Å². The Morgan fingerprint density at radius 1 is 0.827 bits per heavy atom. The van der Waals surface area contributed by atoms with Gasteiger partial charge in [0.2, 0.25) is 11.8 Å². The Morgan fingerprint density at radius 2 is 1.42 bits per heavy atom. The molecule has 0 saturated carbocycles. The zero-order valence-corrected chi connectivity index (χ0v) is 29.9. The zero-order valence-electron chi connectivity index (χ0n) is 28.4. The second-order valence-corrected chi connectivity index (χ2v) is 13.8. The Kier molecular flexibility index (Phi) is 10.6. The van der Waals surface area contributed by atoms with Crippen LogP contribution in [0.15, 0.2) is 77.9 Å². The van der Waals surface area contributed by atoms with E-state index in [4.69, 9.17) is 27.9 Å². The van der Waals surface area contributed by atoms with Gasteiger partial charge < -0.3 is 26.0 Å². The molecule has 7 rings (SSSR count). The van der Waals surface area contributed by atoms with E-state index in [1.54, 1.807) is 18.5 Å². The predicted molar refractivity (Wildman–Crippen MR) is 200 cm³/mol. The van der Waals surface area contributed by atoms with Gasteiger partial charge in [-0.25, -0.2) is 9.37 Å². The first-order valence-corrected chi connectivity index (χ1v) is 17.9. The minimum absolute atomic E-state index is 0.0243. The summed E-state index contributed by atoms with van der Waals surface area (Å²) in [5.41, 5.74) is 5.18. The molecule has 4 heterocycles. The molecule has 13 heteroatoms. The number of nitrogens with one attached hydrogen (secondary N) is 4. The van der Waals surface area contributed by atoms with E-state index in [1.807, 2.05) is 48.5 Å². The Hall–Kier alpha value is -4.81. The van der Waals surface area contributed by atoms with E-state index in [2.05, 4.69) is 26.3 Å². The van der Waals surface area contributed by atoms with Gasteiger partial charge in [0, 0.05) is 96.9 Å². The molecule has 52 heavy (non-hydrogen) atoms. The second-order valence-electron chi connectivity index (χ2n) is 13.1. The molecule has 4 N–H and O–H groups in total. The normalized spacial score (nSPS) is 17.1. The van der Waals surface area contributed by atoms with Crippen molar-refractivity contribution >= 4 is 40.7 Å². The summed E-state index contributed by atoms with van der Waals surface area (Å²) in [6, 6.07) is 18.1. The Morgan fingerprint density at radius 3 is 2.02 bits per heavy atom. The molecule has 0 unspecified atom stereocenters. The molecule has 2 aliphatic heterocycles. The van der Waals surface area contributed by atoms with Crippen molar-refractivity contribution in [3.63, 3.8) is 0 Å². The molecular formula is C39H37Cl2FN6O4. The van der Waals surface area contributed by atoms with Crippen LogP contribution < -0.4 is 31.6 Å². The molecule has 2 aromatic heterocycles. The van der Waals surface area contributed by atoms with Crippen LogP contribution in [-0.4, -0.2) is 53.5 Å². The number of amides is 2. The van der Waals surface area contributed by atoms with Crippen molar-refractivity contribution in [3.8, 4) is 39.1 Å². The summed E-state index contributed by atoms with van der Waals surface area (Å²) in [5, 5.41) is 13.1. The highest BCUT2D eigenvalue weighted by atomic mass is 35.5. The number of benzene rings is 3. The molecule has 5 aromatic rings. The van der Waals surface area contributed by atoms with Gasteiger partial charge in [-0.15, -0.1) is 0 Å². The molecule has 0 radical (unpaired) electrons. The lowest BCUT2D eigenvalue weighted by molar-refractivity contribution is -0.120. The third-order valence-electron chi connectivity index (χ3n) is 9.63. The molecule has 3 aromatic carbocycles. The molecule has 0 spiro atoms. The average molecular weight is 744 g/mol. The predicted octanol–water partition coefficient (Wildman–Crippen LogP) is 5.89. The average Bonchev–Trinajstić information content (AvgIpc) is 3.76. The standard InChI is InChI=1S/C39H37Cl2FN6O4/c1-52-33-15-23(14-32(42)31(33)21-44-20-26-9-11-36(50)47-26)28-5-3-7-30(38(28)41)29-6-2-4-27(37(29)40)22-12-13-48-34(16-22)45-18-24(39(48)51)17-43-19-25-8-10-35(49)46-25/h2-7,12-16,18,25-26,43-44H,8-11,17,19-21H2,1H3,(H,46,49)(H,47,50)/t25-,26+/m1/s1. The van der Waals surface area contributed by atoms with Crippen molar-refractivity contribution in [2.45, 2.75) is 50.9 Å². The van der Waals surface area contributed by atoms with Crippen molar-refractivity contribution in [1.82, 2.24) is 30.7 Å². The maximum atomic E-state index is 15.6. The maximum absolute atomic E-state index is 15.6. The number of fused-ring (bicyclic) bond motifs is 1. The van der Waals surface area contributed by atoms with Crippen LogP contribution in [0.3, 0.4) is 0 Å². The first-order valence-electron chi connectivity index (χ1n) is 17.1. The maximum Gasteiger partial charge on any atom is 0.262 e. The molecule has 2 aliphatic rings. The number of aromatic nitrogens is 2. The lowest BCUT2D eigenvalue weighted by atomic mass is 9.95. The van der Waals surface area contributed by atoms with Gasteiger partial charge in [-0.05, 0) is 48.2 Å². The molecule has 2 fully saturated rings. The number of halogens is 3.